The van der Waals surface area contributed by atoms with Crippen molar-refractivity contribution in [3.8, 4) is 5.69 Å². The van der Waals surface area contributed by atoms with Crippen LogP contribution in [0.5, 0.6) is 0 Å². The highest BCUT2D eigenvalue weighted by molar-refractivity contribution is 8.01. The lowest BCUT2D eigenvalue weighted by molar-refractivity contribution is 0.602. The molecule has 140 valence electrons. The summed E-state index contributed by atoms with van der Waals surface area (Å²) >= 11 is 1.50. The Kier molecular flexibility index (Phi) is 5.18. The average Bonchev–Trinajstić information content (AvgIpc) is 3.24. The maximum Gasteiger partial charge on any atom is 0.196 e. The molecule has 0 bridgehead atoms. The van der Waals surface area contributed by atoms with Crippen molar-refractivity contribution in [1.82, 2.24) is 14.8 Å². The summed E-state index contributed by atoms with van der Waals surface area (Å²) in [6.45, 7) is 0.523. The third-order valence-electron chi connectivity index (χ3n) is 4.40. The predicted octanol–water partition coefficient (Wildman–Crippen LogP) is 3.16. The van der Waals surface area contributed by atoms with Crippen molar-refractivity contribution in [3.05, 3.63) is 66.5 Å². The van der Waals surface area contributed by atoms with Gasteiger partial charge in [-0.2, -0.15) is 0 Å². The van der Waals surface area contributed by atoms with E-state index in [-0.39, 0.29) is 16.8 Å². The molecule has 3 aromatic rings. The highest BCUT2D eigenvalue weighted by atomic mass is 32.2. The molecule has 1 unspecified atom stereocenters. The van der Waals surface area contributed by atoms with E-state index < -0.39 is 9.84 Å². The number of hydrogen-bond acceptors (Lipinski definition) is 6. The molecule has 1 aromatic heterocycles. The molecule has 1 fully saturated rings. The highest BCUT2D eigenvalue weighted by Gasteiger charge is 2.30. The quantitative estimate of drug-likeness (QED) is 0.685. The van der Waals surface area contributed by atoms with Gasteiger partial charge < -0.3 is 5.32 Å². The molecule has 8 heteroatoms. The number of nitrogens with one attached hydrogen (secondary N) is 1. The molecule has 1 saturated heterocycles. The van der Waals surface area contributed by atoms with Crippen molar-refractivity contribution < 1.29 is 8.42 Å². The number of sulfone groups is 1. The van der Waals surface area contributed by atoms with Crippen molar-refractivity contribution >= 4 is 27.3 Å². The summed E-state index contributed by atoms with van der Waals surface area (Å²) in [5, 5.41) is 12.8. The number of rotatable bonds is 6. The minimum atomic E-state index is -2.92. The van der Waals surface area contributed by atoms with Gasteiger partial charge in [0.05, 0.1) is 18.1 Å². The average molecular weight is 401 g/mol. The van der Waals surface area contributed by atoms with Gasteiger partial charge in [-0.1, -0.05) is 48.2 Å². The first kappa shape index (κ1) is 18.1. The molecule has 1 aliphatic rings. The molecule has 1 N–H and O–H groups in total. The van der Waals surface area contributed by atoms with Gasteiger partial charge in [0.15, 0.2) is 20.8 Å². The van der Waals surface area contributed by atoms with E-state index in [1.54, 1.807) is 0 Å². The van der Waals surface area contributed by atoms with Crippen molar-refractivity contribution in [2.24, 2.45) is 0 Å². The van der Waals surface area contributed by atoms with Crippen LogP contribution in [0, 0.1) is 0 Å². The molecule has 0 amide bonds. The lowest BCUT2D eigenvalue weighted by Gasteiger charge is -2.13. The summed E-state index contributed by atoms with van der Waals surface area (Å²) in [5.41, 5.74) is 1.98. The largest absolute Gasteiger partial charge is 0.378 e. The summed E-state index contributed by atoms with van der Waals surface area (Å²) in [6.07, 6.45) is 0.659. The Morgan fingerprint density at radius 1 is 1.04 bits per heavy atom. The lowest BCUT2D eigenvalue weighted by atomic mass is 10.3. The van der Waals surface area contributed by atoms with Gasteiger partial charge in [0.25, 0.3) is 0 Å². The van der Waals surface area contributed by atoms with Crippen LogP contribution in [0.2, 0.25) is 0 Å². The summed E-state index contributed by atoms with van der Waals surface area (Å²) in [7, 11) is -2.92. The smallest absolute Gasteiger partial charge is 0.196 e. The molecule has 2 aromatic carbocycles. The highest BCUT2D eigenvalue weighted by Crippen LogP contribution is 2.32. The Bertz CT molecular complexity index is 1000. The first-order valence-electron chi connectivity index (χ1n) is 8.76. The van der Waals surface area contributed by atoms with E-state index in [0.717, 1.165) is 22.4 Å². The number of aromatic nitrogens is 3. The Balaban J connectivity index is 1.60. The first-order valence-corrected chi connectivity index (χ1v) is 11.5. The van der Waals surface area contributed by atoms with Gasteiger partial charge in [-0.3, -0.25) is 4.57 Å². The SMILES string of the molecule is O=S1(=O)CCC(Sc2nnc(CNc3ccccc3)n2-c2ccccc2)C1. The molecule has 2 heterocycles. The molecule has 0 aliphatic carbocycles. The number of benzene rings is 2. The van der Waals surface area contributed by atoms with Gasteiger partial charge >= 0.3 is 0 Å². The van der Waals surface area contributed by atoms with Crippen LogP contribution in [0.1, 0.15) is 12.2 Å². The van der Waals surface area contributed by atoms with Crippen molar-refractivity contribution in [2.45, 2.75) is 23.4 Å². The maximum absolute atomic E-state index is 11.8. The maximum atomic E-state index is 11.8. The van der Waals surface area contributed by atoms with Crippen LogP contribution in [0.4, 0.5) is 5.69 Å². The lowest BCUT2D eigenvalue weighted by Crippen LogP contribution is -2.10. The standard InChI is InChI=1S/C19H20N4O2S2/c24-27(25)12-11-17(14-27)26-19-22-21-18(13-20-15-7-3-1-4-8-15)23(19)16-9-5-2-6-10-16/h1-10,17,20H,11-14H2. The summed E-state index contributed by atoms with van der Waals surface area (Å²) in [6, 6.07) is 19.9. The van der Waals surface area contributed by atoms with E-state index in [1.165, 1.54) is 11.8 Å². The monoisotopic (exact) mass is 400 g/mol. The van der Waals surface area contributed by atoms with Crippen LogP contribution in [0.3, 0.4) is 0 Å². The van der Waals surface area contributed by atoms with Gasteiger partial charge in [0.2, 0.25) is 0 Å². The fourth-order valence-corrected chi connectivity index (χ4v) is 6.59. The van der Waals surface area contributed by atoms with Crippen LogP contribution in [-0.4, -0.2) is 39.9 Å². The molecule has 0 saturated carbocycles. The van der Waals surface area contributed by atoms with Crippen LogP contribution < -0.4 is 5.32 Å². The van der Waals surface area contributed by atoms with Crippen molar-refractivity contribution in [3.63, 3.8) is 0 Å². The van der Waals surface area contributed by atoms with E-state index >= 15 is 0 Å². The third-order valence-corrected chi connectivity index (χ3v) is 7.59. The Labute approximate surface area is 162 Å². The van der Waals surface area contributed by atoms with Gasteiger partial charge in [-0.25, -0.2) is 8.42 Å². The zero-order valence-electron chi connectivity index (χ0n) is 14.7. The van der Waals surface area contributed by atoms with Crippen molar-refractivity contribution in [2.75, 3.05) is 16.8 Å². The van der Waals surface area contributed by atoms with Crippen molar-refractivity contribution in [1.29, 1.82) is 0 Å². The molecule has 27 heavy (non-hydrogen) atoms. The van der Waals surface area contributed by atoms with Gasteiger partial charge in [0, 0.05) is 16.6 Å². The van der Waals surface area contributed by atoms with Gasteiger partial charge in [0.1, 0.15) is 0 Å². The van der Waals surface area contributed by atoms with E-state index in [9.17, 15) is 8.42 Å². The number of para-hydroxylation sites is 2. The topological polar surface area (TPSA) is 76.9 Å². The molecule has 1 atom stereocenters. The molecule has 6 nitrogen and oxygen atoms in total. The Morgan fingerprint density at radius 3 is 2.41 bits per heavy atom. The van der Waals surface area contributed by atoms with E-state index in [1.807, 2.05) is 65.2 Å². The first-order chi connectivity index (χ1) is 13.1. The molecular formula is C19H20N4O2S2. The van der Waals surface area contributed by atoms with E-state index in [2.05, 4.69) is 15.5 Å². The molecular weight excluding hydrogens is 380 g/mol. The summed E-state index contributed by atoms with van der Waals surface area (Å²) < 4.78 is 25.6. The summed E-state index contributed by atoms with van der Waals surface area (Å²) in [4.78, 5) is 0. The minimum Gasteiger partial charge on any atom is -0.378 e. The third kappa shape index (κ3) is 4.33. The number of nitrogens with zero attached hydrogens (tertiary/aromatic N) is 3. The number of hydrogen-bond donors (Lipinski definition) is 1. The normalized spacial score (nSPS) is 18.4. The Hall–Kier alpha value is -2.32. The van der Waals surface area contributed by atoms with Gasteiger partial charge in [-0.15, -0.1) is 10.2 Å². The number of thioether (sulfide) groups is 1. The van der Waals surface area contributed by atoms with Crippen LogP contribution >= 0.6 is 11.8 Å². The second-order valence-electron chi connectivity index (χ2n) is 6.43. The number of anilines is 1. The zero-order valence-corrected chi connectivity index (χ0v) is 16.3. The molecule has 4 rings (SSSR count). The minimum absolute atomic E-state index is 0.0246. The molecule has 0 spiro atoms. The van der Waals surface area contributed by atoms with Crippen LogP contribution in [0.15, 0.2) is 65.8 Å². The fraction of sp³-hybridized carbons (Fsp3) is 0.263. The van der Waals surface area contributed by atoms with E-state index in [0.29, 0.717) is 13.0 Å². The Morgan fingerprint density at radius 2 is 1.74 bits per heavy atom. The van der Waals surface area contributed by atoms with Gasteiger partial charge in [-0.05, 0) is 30.7 Å². The van der Waals surface area contributed by atoms with E-state index in [4.69, 9.17) is 0 Å². The predicted molar refractivity (Wildman–Crippen MR) is 108 cm³/mol. The molecule has 1 aliphatic heterocycles. The summed E-state index contributed by atoms with van der Waals surface area (Å²) in [5.74, 6) is 1.25. The van der Waals surface area contributed by atoms with Crippen LogP contribution in [0.25, 0.3) is 5.69 Å². The fourth-order valence-electron chi connectivity index (χ4n) is 3.07. The second-order valence-corrected chi connectivity index (χ2v) is 9.93. The molecule has 0 radical (unpaired) electrons. The second kappa shape index (κ2) is 7.74. The van der Waals surface area contributed by atoms with Crippen LogP contribution in [-0.2, 0) is 16.4 Å². The zero-order chi connectivity index (χ0) is 18.7.